The van der Waals surface area contributed by atoms with Gasteiger partial charge in [-0.1, -0.05) is 12.1 Å². The lowest BCUT2D eigenvalue weighted by atomic mass is 10.1. The van der Waals surface area contributed by atoms with Crippen LogP contribution in [0.1, 0.15) is 21.7 Å². The van der Waals surface area contributed by atoms with Crippen molar-refractivity contribution in [2.24, 2.45) is 0 Å². The van der Waals surface area contributed by atoms with Crippen LogP contribution >= 0.6 is 15.9 Å². The Labute approximate surface area is 119 Å². The summed E-state index contributed by atoms with van der Waals surface area (Å²) in [6.07, 6.45) is 0. The first-order chi connectivity index (χ1) is 9.04. The van der Waals surface area contributed by atoms with Crippen LogP contribution in [-0.4, -0.2) is 23.0 Å². The molecule has 0 saturated heterocycles. The molecule has 1 aromatic carbocycles. The Morgan fingerprint density at radius 3 is 2.42 bits per heavy atom. The Hall–Kier alpha value is -1.59. The van der Waals surface area contributed by atoms with Gasteiger partial charge < -0.3 is 9.52 Å². The maximum atomic E-state index is 10.8. The van der Waals surface area contributed by atoms with E-state index in [1.54, 1.807) is 12.1 Å². The highest BCUT2D eigenvalue weighted by atomic mass is 79.9. The molecule has 1 heterocycles. The lowest BCUT2D eigenvalue weighted by Gasteiger charge is -2.15. The first-order valence-corrected chi connectivity index (χ1v) is 6.59. The van der Waals surface area contributed by atoms with Gasteiger partial charge >= 0.3 is 5.97 Å². The number of carboxylic acid groups (broad SMARTS) is 1. The second kappa shape index (κ2) is 6.04. The van der Waals surface area contributed by atoms with Gasteiger partial charge in [0.1, 0.15) is 5.76 Å². The summed E-state index contributed by atoms with van der Waals surface area (Å²) in [4.78, 5) is 12.8. The highest BCUT2D eigenvalue weighted by Gasteiger charge is 2.06. The van der Waals surface area contributed by atoms with E-state index in [9.17, 15) is 4.79 Å². The van der Waals surface area contributed by atoms with Gasteiger partial charge in [-0.05, 0) is 52.8 Å². The second-order valence-electron chi connectivity index (χ2n) is 4.38. The summed E-state index contributed by atoms with van der Waals surface area (Å²) in [5.74, 6) is -0.0168. The Balaban J connectivity index is 1.94. The number of hydrogen-bond donors (Lipinski definition) is 1. The number of rotatable bonds is 5. The molecular formula is C14H14BrNO3. The maximum absolute atomic E-state index is 10.8. The lowest BCUT2D eigenvalue weighted by molar-refractivity contribution is 0.0697. The first kappa shape index (κ1) is 13.8. The number of halogens is 1. The molecule has 0 aliphatic heterocycles. The van der Waals surface area contributed by atoms with Gasteiger partial charge in [-0.15, -0.1) is 0 Å². The highest BCUT2D eigenvalue weighted by Crippen LogP contribution is 2.16. The summed E-state index contributed by atoms with van der Waals surface area (Å²) in [5.41, 5.74) is 1.37. The molecule has 5 heteroatoms. The topological polar surface area (TPSA) is 53.7 Å². The minimum atomic E-state index is -0.902. The predicted octanol–water partition coefficient (Wildman–Crippen LogP) is 3.37. The van der Waals surface area contributed by atoms with E-state index < -0.39 is 5.97 Å². The molecule has 0 radical (unpaired) electrons. The van der Waals surface area contributed by atoms with Crippen LogP contribution in [0.4, 0.5) is 0 Å². The Bertz CT molecular complexity index is 562. The Morgan fingerprint density at radius 2 is 1.89 bits per heavy atom. The van der Waals surface area contributed by atoms with Gasteiger partial charge in [0.25, 0.3) is 0 Å². The van der Waals surface area contributed by atoms with Gasteiger partial charge in [0.2, 0.25) is 0 Å². The van der Waals surface area contributed by atoms with Crippen molar-refractivity contribution in [3.63, 3.8) is 0 Å². The van der Waals surface area contributed by atoms with Crippen LogP contribution in [0.25, 0.3) is 0 Å². The molecular weight excluding hydrogens is 310 g/mol. The summed E-state index contributed by atoms with van der Waals surface area (Å²) < 4.78 is 6.16. The molecule has 19 heavy (non-hydrogen) atoms. The van der Waals surface area contributed by atoms with Gasteiger partial charge in [0.05, 0.1) is 12.1 Å². The molecule has 0 aliphatic rings. The number of hydrogen-bond acceptors (Lipinski definition) is 3. The van der Waals surface area contributed by atoms with E-state index in [0.29, 0.717) is 12.1 Å². The zero-order valence-corrected chi connectivity index (χ0v) is 12.1. The number of carboxylic acids is 1. The van der Waals surface area contributed by atoms with Gasteiger partial charge in [0.15, 0.2) is 4.67 Å². The molecule has 0 bridgehead atoms. The monoisotopic (exact) mass is 323 g/mol. The van der Waals surface area contributed by atoms with E-state index in [-0.39, 0.29) is 0 Å². The second-order valence-corrected chi connectivity index (χ2v) is 5.16. The van der Waals surface area contributed by atoms with Gasteiger partial charge in [-0.3, -0.25) is 4.90 Å². The summed E-state index contributed by atoms with van der Waals surface area (Å²) in [6.45, 7) is 1.44. The van der Waals surface area contributed by atoms with Crippen LogP contribution in [0, 0.1) is 0 Å². The molecule has 1 aromatic heterocycles. The van der Waals surface area contributed by atoms with Crippen LogP contribution in [-0.2, 0) is 13.1 Å². The quantitative estimate of drug-likeness (QED) is 0.916. The zero-order valence-electron chi connectivity index (χ0n) is 10.5. The third-order valence-electron chi connectivity index (χ3n) is 2.71. The van der Waals surface area contributed by atoms with E-state index >= 15 is 0 Å². The Kier molecular flexibility index (Phi) is 4.39. The summed E-state index contributed by atoms with van der Waals surface area (Å²) in [6, 6.07) is 10.7. The Morgan fingerprint density at radius 1 is 1.21 bits per heavy atom. The van der Waals surface area contributed by atoms with Crippen molar-refractivity contribution in [2.45, 2.75) is 13.1 Å². The van der Waals surface area contributed by atoms with E-state index in [0.717, 1.165) is 22.5 Å². The average Bonchev–Trinajstić information content (AvgIpc) is 2.75. The van der Waals surface area contributed by atoms with E-state index in [4.69, 9.17) is 9.52 Å². The molecule has 100 valence electrons. The molecule has 0 fully saturated rings. The van der Waals surface area contributed by atoms with Crippen LogP contribution in [0.5, 0.6) is 0 Å². The highest BCUT2D eigenvalue weighted by molar-refractivity contribution is 9.10. The lowest BCUT2D eigenvalue weighted by Crippen LogP contribution is -2.16. The fourth-order valence-electron chi connectivity index (χ4n) is 1.82. The number of furan rings is 1. The van der Waals surface area contributed by atoms with Crippen molar-refractivity contribution >= 4 is 21.9 Å². The zero-order chi connectivity index (χ0) is 13.8. The summed E-state index contributed by atoms with van der Waals surface area (Å²) in [5, 5.41) is 8.83. The molecule has 0 saturated carbocycles. The smallest absolute Gasteiger partial charge is 0.335 e. The molecule has 0 atom stereocenters. The molecule has 2 aromatic rings. The van der Waals surface area contributed by atoms with Gasteiger partial charge in [0, 0.05) is 6.54 Å². The van der Waals surface area contributed by atoms with E-state index in [1.165, 1.54) is 0 Å². The minimum Gasteiger partial charge on any atom is -0.478 e. The average molecular weight is 324 g/mol. The number of benzene rings is 1. The van der Waals surface area contributed by atoms with Crippen molar-refractivity contribution in [3.05, 3.63) is 58.0 Å². The third-order valence-corrected chi connectivity index (χ3v) is 3.13. The molecule has 1 N–H and O–H groups in total. The number of carbonyl (C=O) groups is 1. The first-order valence-electron chi connectivity index (χ1n) is 5.79. The predicted molar refractivity (Wildman–Crippen MR) is 75.0 cm³/mol. The van der Waals surface area contributed by atoms with Crippen molar-refractivity contribution < 1.29 is 14.3 Å². The SMILES string of the molecule is CN(Cc1ccc(C(=O)O)cc1)Cc1ccc(Br)o1. The fraction of sp³-hybridized carbons (Fsp3) is 0.214. The van der Waals surface area contributed by atoms with Gasteiger partial charge in [-0.25, -0.2) is 4.79 Å². The summed E-state index contributed by atoms with van der Waals surface area (Å²) >= 11 is 3.27. The molecule has 0 unspecified atom stereocenters. The van der Waals surface area contributed by atoms with Crippen LogP contribution in [0.2, 0.25) is 0 Å². The standard InChI is InChI=1S/C14H14BrNO3/c1-16(9-12-6-7-13(15)19-12)8-10-2-4-11(5-3-10)14(17)18/h2-7H,8-9H2,1H3,(H,17,18). The third kappa shape index (κ3) is 3.94. The van der Waals surface area contributed by atoms with Crippen molar-refractivity contribution in [3.8, 4) is 0 Å². The summed E-state index contributed by atoms with van der Waals surface area (Å²) in [7, 11) is 1.99. The van der Waals surface area contributed by atoms with Crippen LogP contribution in [0.3, 0.4) is 0 Å². The van der Waals surface area contributed by atoms with Gasteiger partial charge in [-0.2, -0.15) is 0 Å². The molecule has 0 amide bonds. The normalized spacial score (nSPS) is 10.9. The molecule has 2 rings (SSSR count). The largest absolute Gasteiger partial charge is 0.478 e. The van der Waals surface area contributed by atoms with Crippen molar-refractivity contribution in [1.82, 2.24) is 4.90 Å². The van der Waals surface area contributed by atoms with E-state index in [2.05, 4.69) is 20.8 Å². The fourth-order valence-corrected chi connectivity index (χ4v) is 2.16. The minimum absolute atomic E-state index is 0.307. The molecule has 4 nitrogen and oxygen atoms in total. The van der Waals surface area contributed by atoms with Crippen LogP contribution < -0.4 is 0 Å². The van der Waals surface area contributed by atoms with Crippen LogP contribution in [0.15, 0.2) is 45.5 Å². The molecule has 0 spiro atoms. The van der Waals surface area contributed by atoms with Crippen molar-refractivity contribution in [1.29, 1.82) is 0 Å². The maximum Gasteiger partial charge on any atom is 0.335 e. The van der Waals surface area contributed by atoms with Crippen molar-refractivity contribution in [2.75, 3.05) is 7.05 Å². The number of aromatic carboxylic acids is 1. The van der Waals surface area contributed by atoms with E-state index in [1.807, 2.05) is 31.3 Å². The molecule has 0 aliphatic carbocycles. The number of nitrogens with zero attached hydrogens (tertiary/aromatic N) is 1.